The zero-order valence-corrected chi connectivity index (χ0v) is 13.1. The average molecular weight is 330 g/mol. The minimum absolute atomic E-state index is 0.104. The number of carbonyl (C=O) groups is 1. The number of rotatable bonds is 4. The van der Waals surface area contributed by atoms with Crippen molar-refractivity contribution >= 4 is 28.3 Å². The summed E-state index contributed by atoms with van der Waals surface area (Å²) in [5, 5.41) is 1.16. The zero-order valence-electron chi connectivity index (χ0n) is 12.3. The summed E-state index contributed by atoms with van der Waals surface area (Å²) >= 11 is 5.91. The number of halogens is 2. The summed E-state index contributed by atoms with van der Waals surface area (Å²) in [5.74, 6) is -0.0908. The maximum Gasteiger partial charge on any atom is 0.163 e. The molecule has 3 nitrogen and oxygen atoms in total. The van der Waals surface area contributed by atoms with Crippen molar-refractivity contribution in [1.82, 2.24) is 4.98 Å². The van der Waals surface area contributed by atoms with Crippen LogP contribution in [0.25, 0.3) is 10.9 Å². The van der Waals surface area contributed by atoms with Crippen molar-refractivity contribution < 1.29 is 13.9 Å². The van der Waals surface area contributed by atoms with Crippen LogP contribution in [0.5, 0.6) is 5.75 Å². The van der Waals surface area contributed by atoms with E-state index in [1.807, 2.05) is 0 Å². The van der Waals surface area contributed by atoms with Crippen LogP contribution < -0.4 is 4.74 Å². The average Bonchev–Trinajstić information content (AvgIpc) is 2.53. The third-order valence-electron chi connectivity index (χ3n) is 3.45. The lowest BCUT2D eigenvalue weighted by atomic mass is 10.1. The van der Waals surface area contributed by atoms with Crippen LogP contribution in [0.1, 0.15) is 22.8 Å². The fourth-order valence-electron chi connectivity index (χ4n) is 2.40. The van der Waals surface area contributed by atoms with Crippen LogP contribution in [0.15, 0.2) is 48.7 Å². The molecule has 0 radical (unpaired) electrons. The summed E-state index contributed by atoms with van der Waals surface area (Å²) in [4.78, 5) is 16.0. The Morgan fingerprint density at radius 1 is 1.26 bits per heavy atom. The van der Waals surface area contributed by atoms with E-state index in [2.05, 4.69) is 4.98 Å². The molecule has 0 saturated carbocycles. The Hall–Kier alpha value is -2.46. The Labute approximate surface area is 137 Å². The van der Waals surface area contributed by atoms with Gasteiger partial charge < -0.3 is 4.74 Å². The molecule has 23 heavy (non-hydrogen) atoms. The number of nitrogens with zero attached hydrogens (tertiary/aromatic N) is 1. The quantitative estimate of drug-likeness (QED) is 0.645. The van der Waals surface area contributed by atoms with Gasteiger partial charge in [-0.3, -0.25) is 9.78 Å². The SMILES string of the molecule is CC(=O)c1cc(Cl)ccc1OCc1cc(F)cc2cccnc12. The number of hydrogen-bond donors (Lipinski definition) is 0. The van der Waals surface area contributed by atoms with E-state index in [-0.39, 0.29) is 18.2 Å². The number of carbonyl (C=O) groups excluding carboxylic acids is 1. The number of ether oxygens (including phenoxy) is 1. The lowest BCUT2D eigenvalue weighted by Crippen LogP contribution is -2.03. The first-order valence-electron chi connectivity index (χ1n) is 7.01. The van der Waals surface area contributed by atoms with Crippen LogP contribution in [0.2, 0.25) is 5.02 Å². The van der Waals surface area contributed by atoms with E-state index in [0.29, 0.717) is 32.8 Å². The van der Waals surface area contributed by atoms with Gasteiger partial charge in [-0.25, -0.2) is 4.39 Å². The van der Waals surface area contributed by atoms with Crippen LogP contribution in [-0.4, -0.2) is 10.8 Å². The molecular weight excluding hydrogens is 317 g/mol. The van der Waals surface area contributed by atoms with Gasteiger partial charge in [0.05, 0.1) is 11.1 Å². The number of Topliss-reactive ketones (excluding diaryl/α,β-unsaturated/α-hetero) is 1. The van der Waals surface area contributed by atoms with E-state index < -0.39 is 0 Å². The summed E-state index contributed by atoms with van der Waals surface area (Å²) in [6.07, 6.45) is 1.65. The molecular formula is C18H13ClFNO2. The summed E-state index contributed by atoms with van der Waals surface area (Å²) in [5.41, 5.74) is 1.68. The standard InChI is InChI=1S/C18H13ClFNO2/c1-11(22)16-9-14(19)4-5-17(16)23-10-13-8-15(20)7-12-3-2-6-21-18(12)13/h2-9H,10H2,1H3. The molecule has 0 unspecified atom stereocenters. The van der Waals surface area contributed by atoms with Gasteiger partial charge >= 0.3 is 0 Å². The van der Waals surface area contributed by atoms with Crippen molar-refractivity contribution in [3.63, 3.8) is 0 Å². The topological polar surface area (TPSA) is 39.2 Å². The van der Waals surface area contributed by atoms with Gasteiger partial charge in [-0.15, -0.1) is 0 Å². The van der Waals surface area contributed by atoms with Crippen LogP contribution in [0.3, 0.4) is 0 Å². The number of ketones is 1. The van der Waals surface area contributed by atoms with Gasteiger partial charge in [0.1, 0.15) is 18.2 Å². The molecule has 3 aromatic rings. The molecule has 1 heterocycles. The number of hydrogen-bond acceptors (Lipinski definition) is 3. The number of pyridine rings is 1. The predicted octanol–water partition coefficient (Wildman–Crippen LogP) is 4.81. The largest absolute Gasteiger partial charge is 0.488 e. The van der Waals surface area contributed by atoms with Crippen molar-refractivity contribution in [2.45, 2.75) is 13.5 Å². The molecule has 3 rings (SSSR count). The molecule has 0 aliphatic carbocycles. The van der Waals surface area contributed by atoms with Gasteiger partial charge in [-0.1, -0.05) is 17.7 Å². The predicted molar refractivity (Wildman–Crippen MR) is 87.5 cm³/mol. The van der Waals surface area contributed by atoms with Crippen molar-refractivity contribution in [2.24, 2.45) is 0 Å². The van der Waals surface area contributed by atoms with Gasteiger partial charge in [0.2, 0.25) is 0 Å². The minimum atomic E-state index is -0.355. The first-order chi connectivity index (χ1) is 11.0. The van der Waals surface area contributed by atoms with E-state index in [9.17, 15) is 9.18 Å². The molecule has 0 spiro atoms. The molecule has 116 valence electrons. The molecule has 0 N–H and O–H groups in total. The maximum absolute atomic E-state index is 13.7. The van der Waals surface area contributed by atoms with E-state index in [4.69, 9.17) is 16.3 Å². The fourth-order valence-corrected chi connectivity index (χ4v) is 2.57. The second-order valence-corrected chi connectivity index (χ2v) is 5.56. The van der Waals surface area contributed by atoms with Gasteiger partial charge in [0.25, 0.3) is 0 Å². The lowest BCUT2D eigenvalue weighted by Gasteiger charge is -2.11. The third-order valence-corrected chi connectivity index (χ3v) is 3.69. The Balaban J connectivity index is 1.94. The molecule has 0 aliphatic rings. The fraction of sp³-hybridized carbons (Fsp3) is 0.111. The molecule has 5 heteroatoms. The molecule has 0 bridgehead atoms. The van der Waals surface area contributed by atoms with E-state index in [1.165, 1.54) is 19.1 Å². The molecule has 0 fully saturated rings. The van der Waals surface area contributed by atoms with E-state index in [0.717, 1.165) is 0 Å². The Morgan fingerprint density at radius 3 is 2.87 bits per heavy atom. The maximum atomic E-state index is 13.7. The highest BCUT2D eigenvalue weighted by Crippen LogP contribution is 2.26. The first-order valence-corrected chi connectivity index (χ1v) is 7.39. The molecule has 0 atom stereocenters. The van der Waals surface area contributed by atoms with E-state index >= 15 is 0 Å². The van der Waals surface area contributed by atoms with Gasteiger partial charge in [0, 0.05) is 22.2 Å². The molecule has 0 aliphatic heterocycles. The minimum Gasteiger partial charge on any atom is -0.488 e. The smallest absolute Gasteiger partial charge is 0.163 e. The first kappa shape index (κ1) is 15.4. The van der Waals surface area contributed by atoms with Crippen molar-refractivity contribution in [1.29, 1.82) is 0 Å². The number of benzene rings is 2. The van der Waals surface area contributed by atoms with Crippen molar-refractivity contribution in [3.8, 4) is 5.75 Å². The molecule has 0 amide bonds. The molecule has 1 aromatic heterocycles. The van der Waals surface area contributed by atoms with Crippen LogP contribution in [0, 0.1) is 5.82 Å². The lowest BCUT2D eigenvalue weighted by molar-refractivity contribution is 0.101. The Morgan fingerprint density at radius 2 is 2.09 bits per heavy atom. The van der Waals surface area contributed by atoms with Gasteiger partial charge in [-0.05, 0) is 43.3 Å². The summed E-state index contributed by atoms with van der Waals surface area (Å²) < 4.78 is 19.4. The molecule has 0 saturated heterocycles. The number of fused-ring (bicyclic) bond motifs is 1. The summed E-state index contributed by atoms with van der Waals surface area (Å²) in [6, 6.07) is 11.2. The number of aromatic nitrogens is 1. The monoisotopic (exact) mass is 329 g/mol. The van der Waals surface area contributed by atoms with Gasteiger partial charge in [0.15, 0.2) is 5.78 Å². The van der Waals surface area contributed by atoms with Crippen molar-refractivity contribution in [2.75, 3.05) is 0 Å². The Bertz CT molecular complexity index is 895. The zero-order chi connectivity index (χ0) is 16.4. The van der Waals surface area contributed by atoms with E-state index in [1.54, 1.807) is 36.5 Å². The second-order valence-electron chi connectivity index (χ2n) is 5.13. The van der Waals surface area contributed by atoms with Crippen LogP contribution in [0.4, 0.5) is 4.39 Å². The molecule has 2 aromatic carbocycles. The highest BCUT2D eigenvalue weighted by Gasteiger charge is 2.11. The summed E-state index contributed by atoms with van der Waals surface area (Å²) in [6.45, 7) is 1.55. The summed E-state index contributed by atoms with van der Waals surface area (Å²) in [7, 11) is 0. The highest BCUT2D eigenvalue weighted by molar-refractivity contribution is 6.31. The third kappa shape index (κ3) is 3.32. The Kier molecular flexibility index (Phi) is 4.26. The highest BCUT2D eigenvalue weighted by atomic mass is 35.5. The van der Waals surface area contributed by atoms with Crippen molar-refractivity contribution in [3.05, 3.63) is 70.6 Å². The normalized spacial score (nSPS) is 10.7. The van der Waals surface area contributed by atoms with Crippen LogP contribution in [-0.2, 0) is 6.61 Å². The van der Waals surface area contributed by atoms with Crippen LogP contribution >= 0.6 is 11.6 Å². The van der Waals surface area contributed by atoms with Gasteiger partial charge in [-0.2, -0.15) is 0 Å². The second kappa shape index (κ2) is 6.34.